The molecule has 4 aromatic rings. The Morgan fingerprint density at radius 1 is 1.15 bits per heavy atom. The van der Waals surface area contributed by atoms with Crippen LogP contribution >= 0.6 is 0 Å². The number of hydrogen-bond donors (Lipinski definition) is 1. The lowest BCUT2D eigenvalue weighted by Gasteiger charge is -2.31. The van der Waals surface area contributed by atoms with Gasteiger partial charge in [0.1, 0.15) is 47.0 Å². The van der Waals surface area contributed by atoms with E-state index in [1.54, 1.807) is 25.1 Å². The molecule has 0 aliphatic carbocycles. The lowest BCUT2D eigenvalue weighted by Crippen LogP contribution is -2.44. The average Bonchev–Trinajstić information content (AvgIpc) is 3.52. The van der Waals surface area contributed by atoms with Crippen LogP contribution in [0.2, 0.25) is 0 Å². The molecule has 0 saturated carbocycles. The SMILES string of the molecule is CCc1c(F)ccc2cc(OCOC)cc(-c3ncc4c(N5CCOCC(C)(O)C5)nc(OC[C@@]56CCCN5C[C@H](F)C6)nc4c3F)c12. The Kier molecular flexibility index (Phi) is 8.82. The van der Waals surface area contributed by atoms with Gasteiger partial charge in [-0.3, -0.25) is 9.88 Å². The number of aromatic nitrogens is 3. The van der Waals surface area contributed by atoms with Crippen LogP contribution in [0.25, 0.3) is 32.9 Å². The van der Waals surface area contributed by atoms with Gasteiger partial charge in [-0.15, -0.1) is 0 Å². The molecular formula is C35H40F3N5O5. The van der Waals surface area contributed by atoms with Crippen molar-refractivity contribution in [3.63, 3.8) is 0 Å². The van der Waals surface area contributed by atoms with Crippen LogP contribution in [0.1, 0.15) is 38.7 Å². The number of halogens is 3. The number of anilines is 1. The number of β-amino-alcohol motifs (C(OH)–C–C–N with tert-alkyl or cyclic N) is 1. The highest BCUT2D eigenvalue weighted by Gasteiger charge is 2.49. The quantitative estimate of drug-likeness (QED) is 0.240. The molecule has 1 N–H and O–H groups in total. The van der Waals surface area contributed by atoms with E-state index in [9.17, 15) is 9.50 Å². The summed E-state index contributed by atoms with van der Waals surface area (Å²) in [7, 11) is 1.50. The summed E-state index contributed by atoms with van der Waals surface area (Å²) in [4.78, 5) is 17.8. The van der Waals surface area contributed by atoms with Crippen LogP contribution in [0.5, 0.6) is 11.8 Å². The fourth-order valence-electron chi connectivity index (χ4n) is 7.58. The number of benzene rings is 2. The van der Waals surface area contributed by atoms with E-state index in [2.05, 4.69) is 14.9 Å². The maximum absolute atomic E-state index is 17.1. The zero-order valence-electron chi connectivity index (χ0n) is 27.4. The van der Waals surface area contributed by atoms with Gasteiger partial charge in [0.2, 0.25) is 0 Å². The molecule has 3 saturated heterocycles. The van der Waals surface area contributed by atoms with Crippen LogP contribution < -0.4 is 14.4 Å². The minimum Gasteiger partial charge on any atom is -0.468 e. The monoisotopic (exact) mass is 667 g/mol. The molecule has 2 aromatic carbocycles. The maximum Gasteiger partial charge on any atom is 0.319 e. The van der Waals surface area contributed by atoms with Crippen molar-refractivity contribution in [2.45, 2.75) is 56.8 Å². The van der Waals surface area contributed by atoms with Crippen LogP contribution in [0.3, 0.4) is 0 Å². The number of rotatable bonds is 9. The van der Waals surface area contributed by atoms with Gasteiger partial charge in [0, 0.05) is 38.4 Å². The summed E-state index contributed by atoms with van der Waals surface area (Å²) in [6.07, 6.45) is 3.00. The minimum atomic E-state index is -1.20. The Morgan fingerprint density at radius 3 is 2.81 bits per heavy atom. The largest absolute Gasteiger partial charge is 0.468 e. The van der Waals surface area contributed by atoms with Crippen molar-refractivity contribution in [2.24, 2.45) is 0 Å². The number of hydrogen-bond acceptors (Lipinski definition) is 10. The third kappa shape index (κ3) is 6.01. The number of alkyl halides is 1. The Hall–Kier alpha value is -3.78. The molecule has 256 valence electrons. The van der Waals surface area contributed by atoms with Crippen LogP contribution in [0, 0.1) is 11.6 Å². The Balaban J connectivity index is 1.39. The fraction of sp³-hybridized carbons (Fsp3) is 0.514. The summed E-state index contributed by atoms with van der Waals surface area (Å²) >= 11 is 0. The molecule has 3 atom stereocenters. The van der Waals surface area contributed by atoms with Crippen molar-refractivity contribution in [1.29, 1.82) is 0 Å². The van der Waals surface area contributed by atoms with Gasteiger partial charge in [-0.25, -0.2) is 13.2 Å². The summed E-state index contributed by atoms with van der Waals surface area (Å²) in [6, 6.07) is 6.33. The van der Waals surface area contributed by atoms with E-state index in [0.717, 1.165) is 19.4 Å². The van der Waals surface area contributed by atoms with Gasteiger partial charge in [-0.1, -0.05) is 13.0 Å². The van der Waals surface area contributed by atoms with E-state index in [-0.39, 0.29) is 43.8 Å². The molecule has 0 amide bonds. The summed E-state index contributed by atoms with van der Waals surface area (Å²) in [6.45, 7) is 5.74. The van der Waals surface area contributed by atoms with E-state index >= 15 is 8.78 Å². The van der Waals surface area contributed by atoms with Crippen LogP contribution in [0.4, 0.5) is 19.0 Å². The zero-order chi connectivity index (χ0) is 33.6. The molecule has 0 bridgehead atoms. The van der Waals surface area contributed by atoms with Crippen molar-refractivity contribution >= 4 is 27.5 Å². The highest BCUT2D eigenvalue weighted by atomic mass is 19.1. The number of aliphatic hydroxyl groups is 1. The first-order valence-electron chi connectivity index (χ1n) is 16.4. The van der Waals surface area contributed by atoms with Crippen molar-refractivity contribution in [1.82, 2.24) is 19.9 Å². The third-order valence-corrected chi connectivity index (χ3v) is 9.72. The Labute approximate surface area is 276 Å². The van der Waals surface area contributed by atoms with Gasteiger partial charge in [0.05, 0.1) is 30.7 Å². The molecule has 48 heavy (non-hydrogen) atoms. The third-order valence-electron chi connectivity index (χ3n) is 9.72. The first kappa shape index (κ1) is 32.8. The van der Waals surface area contributed by atoms with Gasteiger partial charge in [-0.2, -0.15) is 9.97 Å². The number of ether oxygens (including phenoxy) is 4. The van der Waals surface area contributed by atoms with Crippen molar-refractivity contribution < 1.29 is 37.2 Å². The Bertz CT molecular complexity index is 1840. The molecule has 7 rings (SSSR count). The fourth-order valence-corrected chi connectivity index (χ4v) is 7.58. The zero-order valence-corrected chi connectivity index (χ0v) is 27.4. The summed E-state index contributed by atoms with van der Waals surface area (Å²) < 4.78 is 69.4. The maximum atomic E-state index is 17.1. The summed E-state index contributed by atoms with van der Waals surface area (Å²) in [5.41, 5.74) is -1.01. The number of nitrogens with zero attached hydrogens (tertiary/aromatic N) is 5. The predicted octanol–water partition coefficient (Wildman–Crippen LogP) is 5.21. The van der Waals surface area contributed by atoms with Gasteiger partial charge >= 0.3 is 6.01 Å². The first-order chi connectivity index (χ1) is 23.1. The number of pyridine rings is 1. The van der Waals surface area contributed by atoms with E-state index in [4.69, 9.17) is 23.9 Å². The van der Waals surface area contributed by atoms with Crippen molar-refractivity contribution in [3.05, 3.63) is 47.7 Å². The molecule has 2 aromatic heterocycles. The standard InChI is InChI=1S/C35H40F3N5O5/c1-4-24-27(37)7-6-21-12-23(48-20-45-3)13-25(28(21)24)30-29(38)31-26(15-39-30)32(42-10-11-46-18-34(2,44)17-42)41-33(40-31)47-19-35-8-5-9-43(35)16-22(36)14-35/h6-7,12-13,15,22,44H,4-5,8-11,14,16-20H2,1-3H3/t22-,34?,35+/m1/s1. The molecular weight excluding hydrogens is 627 g/mol. The predicted molar refractivity (Wildman–Crippen MR) is 174 cm³/mol. The lowest BCUT2D eigenvalue weighted by molar-refractivity contribution is -0.0123. The van der Waals surface area contributed by atoms with Gasteiger partial charge < -0.3 is 29.0 Å². The topological polar surface area (TPSA) is 102 Å². The smallest absolute Gasteiger partial charge is 0.319 e. The van der Waals surface area contributed by atoms with Gasteiger partial charge in [-0.05, 0) is 67.3 Å². The van der Waals surface area contributed by atoms with E-state index < -0.39 is 28.9 Å². The first-order valence-corrected chi connectivity index (χ1v) is 16.4. The molecule has 13 heteroatoms. The molecule has 5 heterocycles. The second-order valence-corrected chi connectivity index (χ2v) is 13.3. The molecule has 10 nitrogen and oxygen atoms in total. The highest BCUT2D eigenvalue weighted by Crippen LogP contribution is 2.42. The summed E-state index contributed by atoms with van der Waals surface area (Å²) in [5, 5.41) is 12.5. The molecule has 1 unspecified atom stereocenters. The van der Waals surface area contributed by atoms with Crippen LogP contribution in [0.15, 0.2) is 30.5 Å². The number of fused-ring (bicyclic) bond motifs is 3. The Morgan fingerprint density at radius 2 is 2.00 bits per heavy atom. The van der Waals surface area contributed by atoms with E-state index in [1.807, 2.05) is 11.8 Å². The summed E-state index contributed by atoms with van der Waals surface area (Å²) in [5.74, 6) is -0.426. The number of aryl methyl sites for hydroxylation is 1. The molecule has 3 aliphatic rings. The van der Waals surface area contributed by atoms with E-state index in [0.29, 0.717) is 71.4 Å². The molecule has 3 fully saturated rings. The van der Waals surface area contributed by atoms with Crippen molar-refractivity contribution in [3.8, 4) is 23.0 Å². The molecule has 0 spiro atoms. The van der Waals surface area contributed by atoms with Gasteiger partial charge in [0.15, 0.2) is 12.6 Å². The second kappa shape index (κ2) is 12.9. The second-order valence-electron chi connectivity index (χ2n) is 13.3. The van der Waals surface area contributed by atoms with Crippen LogP contribution in [-0.4, -0.2) is 102 Å². The number of methoxy groups -OCH3 is 1. The lowest BCUT2D eigenvalue weighted by atomic mass is 9.94. The van der Waals surface area contributed by atoms with Crippen molar-refractivity contribution in [2.75, 3.05) is 64.8 Å². The normalized spacial score (nSPS) is 24.7. The van der Waals surface area contributed by atoms with E-state index in [1.165, 1.54) is 19.4 Å². The minimum absolute atomic E-state index is 0.0386. The van der Waals surface area contributed by atoms with Crippen LogP contribution in [-0.2, 0) is 15.9 Å². The molecule has 3 aliphatic heterocycles. The average molecular weight is 668 g/mol. The van der Waals surface area contributed by atoms with Gasteiger partial charge in [0.25, 0.3) is 0 Å². The highest BCUT2D eigenvalue weighted by molar-refractivity contribution is 6.01. The molecule has 0 radical (unpaired) electrons.